The molecule has 0 heterocycles. The van der Waals surface area contributed by atoms with Crippen molar-refractivity contribution in [3.8, 4) is 0 Å². The summed E-state index contributed by atoms with van der Waals surface area (Å²) in [5.74, 6) is 0. The summed E-state index contributed by atoms with van der Waals surface area (Å²) in [6.07, 6.45) is 1.74. The van der Waals surface area contributed by atoms with Gasteiger partial charge in [-0.15, -0.1) is 0 Å². The van der Waals surface area contributed by atoms with Gasteiger partial charge in [-0.25, -0.2) is 0 Å². The third kappa shape index (κ3) is 4.25. The summed E-state index contributed by atoms with van der Waals surface area (Å²) in [6.45, 7) is 5.77. The van der Waals surface area contributed by atoms with Crippen LogP contribution >= 0.6 is 23.2 Å². The summed E-state index contributed by atoms with van der Waals surface area (Å²) in [7, 11) is 0. The molecule has 2 N–H and O–H groups in total. The van der Waals surface area contributed by atoms with Gasteiger partial charge in [-0.2, -0.15) is 0 Å². The Bertz CT molecular complexity index is 340. The molecule has 0 radical (unpaired) electrons. The van der Waals surface area contributed by atoms with Gasteiger partial charge in [-0.05, 0) is 43.5 Å². The Morgan fingerprint density at radius 1 is 1.33 bits per heavy atom. The number of hydrogen-bond donors (Lipinski definition) is 1. The van der Waals surface area contributed by atoms with Crippen LogP contribution in [0.3, 0.4) is 0 Å². The van der Waals surface area contributed by atoms with Gasteiger partial charge < -0.3 is 5.73 Å². The van der Waals surface area contributed by atoms with Crippen LogP contribution in [0.5, 0.6) is 0 Å². The number of benzene rings is 1. The third-order valence-electron chi connectivity index (χ3n) is 2.30. The molecule has 1 atom stereocenters. The molecule has 82 valence electrons. The first-order chi connectivity index (χ1) is 6.99. The molecule has 1 nitrogen and oxygen atoms in total. The maximum Gasteiger partial charge on any atom is 0.0423 e. The zero-order valence-corrected chi connectivity index (χ0v) is 10.3. The number of hydrogen-bond acceptors (Lipinski definition) is 1. The Balaban J connectivity index is 2.61. The molecule has 0 saturated carbocycles. The molecule has 0 aromatic heterocycles. The molecule has 0 aliphatic carbocycles. The Morgan fingerprint density at radius 3 is 2.33 bits per heavy atom. The van der Waals surface area contributed by atoms with E-state index in [0.29, 0.717) is 10.0 Å². The molecule has 0 spiro atoms. The molecular weight excluding hydrogens is 229 g/mol. The fourth-order valence-corrected chi connectivity index (χ4v) is 1.90. The van der Waals surface area contributed by atoms with Crippen LogP contribution in [0.2, 0.25) is 10.0 Å². The maximum atomic E-state index is 5.89. The van der Waals surface area contributed by atoms with Gasteiger partial charge >= 0.3 is 0 Å². The molecule has 3 heteroatoms. The molecule has 0 amide bonds. The predicted octanol–water partition coefficient (Wildman–Crippen LogP) is 3.83. The first-order valence-electron chi connectivity index (χ1n) is 4.85. The van der Waals surface area contributed by atoms with E-state index in [0.717, 1.165) is 24.0 Å². The molecule has 0 fully saturated rings. The fourth-order valence-electron chi connectivity index (χ4n) is 1.32. The van der Waals surface area contributed by atoms with Crippen molar-refractivity contribution >= 4 is 23.2 Å². The van der Waals surface area contributed by atoms with E-state index < -0.39 is 0 Å². The summed E-state index contributed by atoms with van der Waals surface area (Å²) >= 11 is 11.8. The average molecular weight is 244 g/mol. The lowest BCUT2D eigenvalue weighted by atomic mass is 10.0. The van der Waals surface area contributed by atoms with Gasteiger partial charge in [0.15, 0.2) is 0 Å². The Labute approximate surface area is 101 Å². The van der Waals surface area contributed by atoms with E-state index in [9.17, 15) is 0 Å². The highest BCUT2D eigenvalue weighted by atomic mass is 35.5. The third-order valence-corrected chi connectivity index (χ3v) is 2.74. The van der Waals surface area contributed by atoms with Crippen molar-refractivity contribution in [3.05, 3.63) is 46.0 Å². The lowest BCUT2D eigenvalue weighted by Gasteiger charge is -2.11. The summed E-state index contributed by atoms with van der Waals surface area (Å²) in [5, 5.41) is 1.34. The SMILES string of the molecule is C=C(C)C(N)CCc1cc(Cl)cc(Cl)c1. The Hall–Kier alpha value is -0.500. The largest absolute Gasteiger partial charge is 0.324 e. The normalized spacial score (nSPS) is 12.5. The van der Waals surface area contributed by atoms with Crippen LogP contribution in [-0.4, -0.2) is 6.04 Å². The zero-order valence-electron chi connectivity index (χ0n) is 8.76. The smallest absolute Gasteiger partial charge is 0.0423 e. The van der Waals surface area contributed by atoms with E-state index >= 15 is 0 Å². The number of aryl methyl sites for hydroxylation is 1. The van der Waals surface area contributed by atoms with Gasteiger partial charge in [0.25, 0.3) is 0 Å². The highest BCUT2D eigenvalue weighted by Crippen LogP contribution is 2.20. The summed E-state index contributed by atoms with van der Waals surface area (Å²) in [4.78, 5) is 0. The van der Waals surface area contributed by atoms with Crippen molar-refractivity contribution < 1.29 is 0 Å². The van der Waals surface area contributed by atoms with E-state index in [1.54, 1.807) is 6.07 Å². The molecule has 15 heavy (non-hydrogen) atoms. The minimum absolute atomic E-state index is 0.0442. The minimum atomic E-state index is 0.0442. The van der Waals surface area contributed by atoms with Crippen LogP contribution in [0.1, 0.15) is 18.9 Å². The van der Waals surface area contributed by atoms with E-state index in [1.165, 1.54) is 0 Å². The second-order valence-corrected chi connectivity index (χ2v) is 4.64. The molecule has 1 unspecified atom stereocenters. The zero-order chi connectivity index (χ0) is 11.4. The molecular formula is C12H15Cl2N. The van der Waals surface area contributed by atoms with Crippen molar-refractivity contribution in [1.29, 1.82) is 0 Å². The average Bonchev–Trinajstić information content (AvgIpc) is 2.12. The van der Waals surface area contributed by atoms with E-state index in [1.807, 2.05) is 19.1 Å². The second-order valence-electron chi connectivity index (χ2n) is 3.77. The first-order valence-corrected chi connectivity index (χ1v) is 5.60. The second kappa shape index (κ2) is 5.55. The van der Waals surface area contributed by atoms with Gasteiger partial charge in [-0.1, -0.05) is 35.4 Å². The highest BCUT2D eigenvalue weighted by molar-refractivity contribution is 6.34. The van der Waals surface area contributed by atoms with Gasteiger partial charge in [0.2, 0.25) is 0 Å². The molecule has 1 rings (SSSR count). The quantitative estimate of drug-likeness (QED) is 0.800. The summed E-state index contributed by atoms with van der Waals surface area (Å²) in [5.41, 5.74) is 7.99. The van der Waals surface area contributed by atoms with Crippen LogP contribution < -0.4 is 5.73 Å². The van der Waals surface area contributed by atoms with E-state index in [-0.39, 0.29) is 6.04 Å². The topological polar surface area (TPSA) is 26.0 Å². The molecule has 0 saturated heterocycles. The number of nitrogens with two attached hydrogens (primary N) is 1. The van der Waals surface area contributed by atoms with Crippen molar-refractivity contribution in [2.45, 2.75) is 25.8 Å². The van der Waals surface area contributed by atoms with E-state index in [4.69, 9.17) is 28.9 Å². The van der Waals surface area contributed by atoms with Crippen LogP contribution in [0.15, 0.2) is 30.4 Å². The maximum absolute atomic E-state index is 5.89. The lowest BCUT2D eigenvalue weighted by Crippen LogP contribution is -2.21. The van der Waals surface area contributed by atoms with Crippen LogP contribution in [-0.2, 0) is 6.42 Å². The predicted molar refractivity (Wildman–Crippen MR) is 67.6 cm³/mol. The van der Waals surface area contributed by atoms with Crippen molar-refractivity contribution in [1.82, 2.24) is 0 Å². The minimum Gasteiger partial charge on any atom is -0.324 e. The summed E-state index contributed by atoms with van der Waals surface area (Å²) < 4.78 is 0. The highest BCUT2D eigenvalue weighted by Gasteiger charge is 2.04. The molecule has 0 aliphatic rings. The fraction of sp³-hybridized carbons (Fsp3) is 0.333. The van der Waals surface area contributed by atoms with Gasteiger partial charge in [0.05, 0.1) is 0 Å². The standard InChI is InChI=1S/C12H15Cl2N/c1-8(2)12(15)4-3-9-5-10(13)7-11(14)6-9/h5-7,12H,1,3-4,15H2,2H3. The van der Waals surface area contributed by atoms with Crippen molar-refractivity contribution in [2.75, 3.05) is 0 Å². The molecule has 1 aromatic rings. The van der Waals surface area contributed by atoms with E-state index in [2.05, 4.69) is 6.58 Å². The van der Waals surface area contributed by atoms with Crippen LogP contribution in [0.25, 0.3) is 0 Å². The van der Waals surface area contributed by atoms with Gasteiger partial charge in [0.1, 0.15) is 0 Å². The van der Waals surface area contributed by atoms with Crippen LogP contribution in [0.4, 0.5) is 0 Å². The van der Waals surface area contributed by atoms with Gasteiger partial charge in [-0.3, -0.25) is 0 Å². The lowest BCUT2D eigenvalue weighted by molar-refractivity contribution is 0.690. The summed E-state index contributed by atoms with van der Waals surface area (Å²) in [6, 6.07) is 5.60. The van der Waals surface area contributed by atoms with Crippen molar-refractivity contribution in [3.63, 3.8) is 0 Å². The molecule has 1 aromatic carbocycles. The molecule has 0 aliphatic heterocycles. The number of rotatable bonds is 4. The van der Waals surface area contributed by atoms with Gasteiger partial charge in [0, 0.05) is 16.1 Å². The monoisotopic (exact) mass is 243 g/mol. The van der Waals surface area contributed by atoms with Crippen molar-refractivity contribution in [2.24, 2.45) is 5.73 Å². The first kappa shape index (κ1) is 12.6. The number of halogens is 2. The molecule has 0 bridgehead atoms. The Morgan fingerprint density at radius 2 is 1.87 bits per heavy atom. The Kier molecular flexibility index (Phi) is 4.65. The van der Waals surface area contributed by atoms with Crippen LogP contribution in [0, 0.1) is 0 Å².